The molecule has 6 aromatic rings. The lowest BCUT2D eigenvalue weighted by Crippen LogP contribution is -2.75. The Morgan fingerprint density at radius 1 is 0.352 bits per heavy atom. The Morgan fingerprint density at radius 2 is 0.592 bits per heavy atom. The van der Waals surface area contributed by atoms with Crippen LogP contribution in [0.5, 0.6) is 5.75 Å². The average Bonchev–Trinajstić information content (AvgIpc) is 3.22. The summed E-state index contributed by atoms with van der Waals surface area (Å²) in [6.45, 7) is 0. The van der Waals surface area contributed by atoms with E-state index in [4.69, 9.17) is 16.4 Å². The maximum absolute atomic E-state index is 14.2. The smallest absolute Gasteiger partial charge is 0.252 e. The Bertz CT molecular complexity index is 2430. The summed E-state index contributed by atoms with van der Waals surface area (Å²) in [6.07, 6.45) is -48.1. The fourth-order valence-corrected chi connectivity index (χ4v) is 7.27. The molecule has 3 nitrogen and oxygen atoms in total. The predicted octanol–water partition coefficient (Wildman–Crippen LogP) is 13.1. The van der Waals surface area contributed by atoms with Gasteiger partial charge in [0.1, 0.15) is 6.15 Å². The number of nitrogens with zero attached hydrogens (tertiary/aromatic N) is 2. The first-order valence-electron chi connectivity index (χ1n) is 18.7. The molecule has 0 spiro atoms. The molecule has 6 rings (SSSR count). The van der Waals surface area contributed by atoms with Crippen LogP contribution in [0, 0.1) is 0 Å². The Labute approximate surface area is 385 Å². The lowest BCUT2D eigenvalue weighted by molar-refractivity contribution is -0.875. The van der Waals surface area contributed by atoms with Gasteiger partial charge in [-0.3, -0.25) is 4.98 Å². The van der Waals surface area contributed by atoms with Crippen molar-refractivity contribution in [3.63, 3.8) is 0 Å². The van der Waals surface area contributed by atoms with Crippen LogP contribution >= 0.6 is 11.6 Å². The third kappa shape index (κ3) is 13.1. The van der Waals surface area contributed by atoms with Crippen LogP contribution in [0.15, 0.2) is 122 Å². The Hall–Kier alpha value is -6.35. The summed E-state index contributed by atoms with van der Waals surface area (Å²) < 4.78 is 342. The summed E-state index contributed by atoms with van der Waals surface area (Å²) >= 11 is 5.81. The minimum atomic E-state index is -6.13. The number of rotatable bonds is 6. The van der Waals surface area contributed by atoms with Crippen LogP contribution in [0.25, 0.3) is 0 Å². The first kappa shape index (κ1) is 55.6. The first-order valence-corrected chi connectivity index (χ1v) is 19.1. The van der Waals surface area contributed by atoms with Crippen LogP contribution in [-0.2, 0) is 49.4 Å². The molecular formula is C42H20BClF24N2O. The molecule has 0 bridgehead atoms. The van der Waals surface area contributed by atoms with Gasteiger partial charge in [0.25, 0.3) is 0 Å². The van der Waals surface area contributed by atoms with E-state index >= 15 is 0 Å². The highest BCUT2D eigenvalue weighted by Crippen LogP contribution is 2.41. The van der Waals surface area contributed by atoms with Gasteiger partial charge in [0.2, 0.25) is 18.1 Å². The van der Waals surface area contributed by atoms with Gasteiger partial charge < -0.3 is 0 Å². The molecule has 0 aliphatic carbocycles. The number of benzene rings is 5. The number of alkyl halides is 24. The van der Waals surface area contributed by atoms with E-state index in [0.717, 1.165) is 0 Å². The second kappa shape index (κ2) is 19.0. The predicted molar refractivity (Wildman–Crippen MR) is 202 cm³/mol. The highest BCUT2D eigenvalue weighted by atomic mass is 35.5. The van der Waals surface area contributed by atoms with Crippen molar-refractivity contribution in [2.24, 2.45) is 0 Å². The molecule has 5 aromatic carbocycles. The number of halogens is 25. The Morgan fingerprint density at radius 3 is 0.803 bits per heavy atom. The molecule has 1 aromatic heterocycles. The van der Waals surface area contributed by atoms with Gasteiger partial charge >= 0.3 is 49.4 Å². The highest BCUT2D eigenvalue weighted by Gasteiger charge is 2.47. The molecule has 29 heteroatoms. The van der Waals surface area contributed by atoms with Gasteiger partial charge in [-0.15, -0.1) is 0 Å². The number of hydrogen-bond donors (Lipinski definition) is 0. The zero-order chi connectivity index (χ0) is 53.7. The lowest BCUT2D eigenvalue weighted by Gasteiger charge is -2.46. The van der Waals surface area contributed by atoms with E-state index in [-0.39, 0.29) is 0 Å². The van der Waals surface area contributed by atoms with E-state index < -0.39 is 195 Å². The van der Waals surface area contributed by atoms with E-state index in [9.17, 15) is 105 Å². The monoisotopic (exact) mass is 1070 g/mol. The minimum Gasteiger partial charge on any atom is -0.252 e. The number of hydrogen-bond acceptors (Lipinski definition) is 2. The summed E-state index contributed by atoms with van der Waals surface area (Å²) in [4.78, 5) is 9.33. The number of aromatic nitrogens is 2. The van der Waals surface area contributed by atoms with Gasteiger partial charge in [-0.05, 0) is 36.4 Å². The zero-order valence-electron chi connectivity index (χ0n) is 33.9. The zero-order valence-corrected chi connectivity index (χ0v) is 34.6. The Kier molecular flexibility index (Phi) is 14.9. The van der Waals surface area contributed by atoms with E-state index in [2.05, 4.69) is 4.98 Å². The molecule has 0 saturated heterocycles. The molecule has 71 heavy (non-hydrogen) atoms. The summed E-state index contributed by atoms with van der Waals surface area (Å²) in [6, 6.07) is -1.60. The van der Waals surface area contributed by atoms with Crippen molar-refractivity contribution >= 4 is 39.6 Å². The SMILES string of the molecule is Clc1cccc(O[n+]2ccncc2)c1.FC(F)(F)c1cc([B-](c2cc(C(F)(F)F)cc(C(F)(F)F)c2)(c2cc(C(F)(F)F)cc(C(F)(F)F)c2)c2cc(C(F)(F)F)cc(C(F)(F)F)c2)cc(C(F)(F)F)c1. The van der Waals surface area contributed by atoms with Crippen LogP contribution in [0.1, 0.15) is 44.5 Å². The van der Waals surface area contributed by atoms with Gasteiger partial charge in [0.15, 0.2) is 0 Å². The molecule has 0 fully saturated rings. The molecular weight excluding hydrogens is 1050 g/mol. The van der Waals surface area contributed by atoms with Gasteiger partial charge in [0.05, 0.1) is 56.9 Å². The van der Waals surface area contributed by atoms with Crippen LogP contribution in [-0.4, -0.2) is 11.1 Å². The second-order valence-corrected chi connectivity index (χ2v) is 15.3. The van der Waals surface area contributed by atoms with Crippen molar-refractivity contribution in [2.45, 2.75) is 49.4 Å². The summed E-state index contributed by atoms with van der Waals surface area (Å²) in [5, 5.41) is 0.650. The van der Waals surface area contributed by atoms with Gasteiger partial charge in [-0.25, -0.2) is 4.84 Å². The fraction of sp³-hybridized carbons (Fsp3) is 0.190. The summed E-state index contributed by atoms with van der Waals surface area (Å²) in [5.41, 5.74) is -30.2. The largest absolute Gasteiger partial charge is 0.416 e. The fourth-order valence-electron chi connectivity index (χ4n) is 7.08. The van der Waals surface area contributed by atoms with Crippen LogP contribution in [0.3, 0.4) is 0 Å². The molecule has 0 saturated carbocycles. The van der Waals surface area contributed by atoms with E-state index in [0.29, 0.717) is 10.8 Å². The van der Waals surface area contributed by atoms with Gasteiger partial charge in [-0.1, -0.05) is 66.2 Å². The van der Waals surface area contributed by atoms with Crippen molar-refractivity contribution < 1.29 is 115 Å². The lowest BCUT2D eigenvalue weighted by atomic mass is 9.12. The molecule has 382 valence electrons. The third-order valence-corrected chi connectivity index (χ3v) is 10.3. The van der Waals surface area contributed by atoms with E-state index in [1.807, 2.05) is 12.1 Å². The summed E-state index contributed by atoms with van der Waals surface area (Å²) in [5.74, 6) is 0.689. The van der Waals surface area contributed by atoms with Gasteiger partial charge in [-0.2, -0.15) is 127 Å². The van der Waals surface area contributed by atoms with Crippen molar-refractivity contribution in [3.05, 3.63) is 171 Å². The topological polar surface area (TPSA) is 26.0 Å². The molecule has 0 aliphatic heterocycles. The average molecular weight is 1070 g/mol. The third-order valence-electron chi connectivity index (χ3n) is 10.0. The van der Waals surface area contributed by atoms with Gasteiger partial charge in [0, 0.05) is 15.8 Å². The molecule has 0 aliphatic rings. The second-order valence-electron chi connectivity index (χ2n) is 14.9. The molecule has 0 atom stereocenters. The molecule has 0 N–H and O–H groups in total. The van der Waals surface area contributed by atoms with Crippen LogP contribution in [0.4, 0.5) is 105 Å². The first-order chi connectivity index (χ1) is 32.1. The Balaban J connectivity index is 0.000000569. The summed E-state index contributed by atoms with van der Waals surface area (Å²) in [7, 11) is 0. The van der Waals surface area contributed by atoms with Crippen LogP contribution < -0.4 is 31.4 Å². The van der Waals surface area contributed by atoms with E-state index in [1.54, 1.807) is 41.7 Å². The van der Waals surface area contributed by atoms with Crippen molar-refractivity contribution in [2.75, 3.05) is 0 Å². The maximum Gasteiger partial charge on any atom is 0.416 e. The molecule has 0 unspecified atom stereocenters. The molecule has 1 heterocycles. The normalized spacial score (nSPS) is 13.4. The molecule has 0 radical (unpaired) electrons. The molecule has 0 amide bonds. The minimum absolute atomic E-state index is 0.650. The van der Waals surface area contributed by atoms with Crippen molar-refractivity contribution in [1.82, 2.24) is 4.98 Å². The van der Waals surface area contributed by atoms with E-state index in [1.165, 1.54) is 0 Å². The van der Waals surface area contributed by atoms with Crippen molar-refractivity contribution in [1.29, 1.82) is 0 Å². The van der Waals surface area contributed by atoms with Crippen molar-refractivity contribution in [3.8, 4) is 5.75 Å². The quantitative estimate of drug-likeness (QED) is 0.0944. The van der Waals surface area contributed by atoms with Crippen LogP contribution in [0.2, 0.25) is 5.02 Å². The maximum atomic E-state index is 14.2. The highest BCUT2D eigenvalue weighted by molar-refractivity contribution is 7.20. The standard InChI is InChI=1S/C32H12BF24.C10H8ClN2O/c34-25(35,36)13-1-14(26(37,38)39)6-21(5-13)33(22-7-15(27(40,41)42)2-16(8-22)28(43,44)45,23-9-17(29(46,47)48)3-18(10-23)30(49,50)51)24-11-19(31(52,53)54)4-20(12-24)32(55,56)57;11-9-2-1-3-10(8-9)14-13-6-4-12-5-7-13/h1-12H;1-8H/q-1;+1.